The molecule has 0 spiro atoms. The Kier molecular flexibility index (Phi) is 4.70. The summed E-state index contributed by atoms with van der Waals surface area (Å²) >= 11 is 5.39. The van der Waals surface area contributed by atoms with Crippen molar-refractivity contribution in [1.82, 2.24) is 4.98 Å². The molecular weight excluding hydrogens is 314 g/mol. The fourth-order valence-electron chi connectivity index (χ4n) is 1.32. The Bertz CT molecular complexity index is 534. The second-order valence-corrected chi connectivity index (χ2v) is 3.73. The zero-order valence-corrected chi connectivity index (χ0v) is 10.2. The molecule has 0 fully saturated rings. The average molecular weight is 319 g/mol. The maximum atomic E-state index is 12.5. The summed E-state index contributed by atoms with van der Waals surface area (Å²) < 4.78 is 77.5. The highest BCUT2D eigenvalue weighted by atomic mass is 35.5. The van der Waals surface area contributed by atoms with Gasteiger partial charge < -0.3 is 4.74 Å². The van der Waals surface area contributed by atoms with E-state index in [1.165, 1.54) is 6.07 Å². The minimum absolute atomic E-state index is 0.316. The summed E-state index contributed by atoms with van der Waals surface area (Å²) in [7, 11) is 0. The van der Waals surface area contributed by atoms with Crippen LogP contribution in [0, 0.1) is 11.3 Å². The second kappa shape index (κ2) is 5.75. The van der Waals surface area contributed by atoms with Crippen LogP contribution in [0.4, 0.5) is 26.3 Å². The number of hydrogen-bond acceptors (Lipinski definition) is 3. The largest absolute Gasteiger partial charge is 0.574 e. The van der Waals surface area contributed by atoms with E-state index in [0.29, 0.717) is 6.07 Å². The maximum absolute atomic E-state index is 12.5. The molecular formula is C10H5ClF6N2O. The van der Waals surface area contributed by atoms with Gasteiger partial charge in [-0.15, -0.1) is 24.8 Å². The van der Waals surface area contributed by atoms with E-state index in [4.69, 9.17) is 16.9 Å². The van der Waals surface area contributed by atoms with Crippen LogP contribution in [0.3, 0.4) is 0 Å². The molecule has 0 saturated carbocycles. The molecule has 1 aromatic heterocycles. The summed E-state index contributed by atoms with van der Waals surface area (Å²) in [5, 5.41) is 8.50. The zero-order chi connectivity index (χ0) is 15.6. The van der Waals surface area contributed by atoms with Gasteiger partial charge in [0.2, 0.25) is 5.88 Å². The minimum atomic E-state index is -5.22. The Morgan fingerprint density at radius 2 is 1.85 bits per heavy atom. The Balaban J connectivity index is 3.46. The molecule has 0 aromatic carbocycles. The van der Waals surface area contributed by atoms with Gasteiger partial charge in [-0.1, -0.05) is 0 Å². The summed E-state index contributed by atoms with van der Waals surface area (Å²) in [6.45, 7) is 0. The van der Waals surface area contributed by atoms with Gasteiger partial charge in [0, 0.05) is 5.56 Å². The highest BCUT2D eigenvalue weighted by molar-refractivity contribution is 6.17. The lowest BCUT2D eigenvalue weighted by Gasteiger charge is -2.16. The van der Waals surface area contributed by atoms with E-state index < -0.39 is 42.0 Å². The van der Waals surface area contributed by atoms with Crippen molar-refractivity contribution in [3.63, 3.8) is 0 Å². The number of aromatic nitrogens is 1. The molecule has 0 radical (unpaired) electrons. The first kappa shape index (κ1) is 16.4. The van der Waals surface area contributed by atoms with Gasteiger partial charge in [0.05, 0.1) is 18.4 Å². The Hall–Kier alpha value is -1.69. The van der Waals surface area contributed by atoms with Crippen LogP contribution in [0.15, 0.2) is 6.07 Å². The third kappa shape index (κ3) is 4.16. The molecule has 1 aromatic rings. The molecule has 3 nitrogen and oxygen atoms in total. The van der Waals surface area contributed by atoms with E-state index in [0.717, 1.165) is 0 Å². The van der Waals surface area contributed by atoms with Crippen LogP contribution in [0.5, 0.6) is 5.88 Å². The van der Waals surface area contributed by atoms with Crippen LogP contribution in [0.1, 0.15) is 16.8 Å². The Morgan fingerprint density at radius 1 is 1.25 bits per heavy atom. The van der Waals surface area contributed by atoms with Gasteiger partial charge in [-0.25, -0.2) is 4.98 Å². The molecule has 0 atom stereocenters. The topological polar surface area (TPSA) is 45.9 Å². The van der Waals surface area contributed by atoms with Crippen molar-refractivity contribution in [3.8, 4) is 11.9 Å². The van der Waals surface area contributed by atoms with Gasteiger partial charge >= 0.3 is 12.5 Å². The van der Waals surface area contributed by atoms with Gasteiger partial charge in [-0.2, -0.15) is 18.4 Å². The molecule has 0 bridgehead atoms. The number of rotatable bonds is 3. The van der Waals surface area contributed by atoms with Gasteiger partial charge in [-0.3, -0.25) is 0 Å². The fourth-order valence-corrected chi connectivity index (χ4v) is 1.61. The molecule has 0 aliphatic carbocycles. The summed E-state index contributed by atoms with van der Waals surface area (Å²) in [6.07, 6.45) is -10.7. The molecule has 0 aliphatic heterocycles. The van der Waals surface area contributed by atoms with E-state index in [1.807, 2.05) is 0 Å². The van der Waals surface area contributed by atoms with Crippen molar-refractivity contribution in [2.75, 3.05) is 0 Å². The molecule has 20 heavy (non-hydrogen) atoms. The van der Waals surface area contributed by atoms with Crippen molar-refractivity contribution >= 4 is 11.6 Å². The van der Waals surface area contributed by atoms with Gasteiger partial charge in [-0.05, 0) is 11.6 Å². The predicted octanol–water partition coefficient (Wildman–Crippen LogP) is 3.80. The number of pyridine rings is 1. The zero-order valence-electron chi connectivity index (χ0n) is 9.44. The lowest BCUT2D eigenvalue weighted by molar-refractivity contribution is -0.276. The number of halogens is 7. The first-order valence-corrected chi connectivity index (χ1v) is 5.40. The van der Waals surface area contributed by atoms with Gasteiger partial charge in [0.1, 0.15) is 5.69 Å². The molecule has 0 amide bonds. The van der Waals surface area contributed by atoms with Crippen LogP contribution in [0.25, 0.3) is 0 Å². The standard InChI is InChI=1S/C10H5ClF6N2O/c11-4-6-5(1-2-18)3-7(9(12,13)14)19-8(6)20-10(15,16)17/h3H,1,4H2. The fraction of sp³-hybridized carbons (Fsp3) is 0.400. The average Bonchev–Trinajstić information content (AvgIpc) is 2.25. The molecule has 110 valence electrons. The van der Waals surface area contributed by atoms with Crippen molar-refractivity contribution in [1.29, 1.82) is 5.26 Å². The van der Waals surface area contributed by atoms with Crippen molar-refractivity contribution < 1.29 is 31.1 Å². The number of alkyl halides is 7. The highest BCUT2D eigenvalue weighted by Gasteiger charge is 2.38. The predicted molar refractivity (Wildman–Crippen MR) is 54.8 cm³/mol. The molecule has 1 heterocycles. The van der Waals surface area contributed by atoms with Crippen LogP contribution >= 0.6 is 11.6 Å². The number of hydrogen-bond donors (Lipinski definition) is 0. The smallest absolute Gasteiger partial charge is 0.388 e. The molecule has 1 rings (SSSR count). The maximum Gasteiger partial charge on any atom is 0.574 e. The quantitative estimate of drug-likeness (QED) is 0.629. The molecule has 10 heteroatoms. The lowest BCUT2D eigenvalue weighted by Crippen LogP contribution is -2.21. The van der Waals surface area contributed by atoms with Gasteiger partial charge in [0.15, 0.2) is 0 Å². The van der Waals surface area contributed by atoms with Crippen molar-refractivity contribution in [2.45, 2.75) is 24.8 Å². The van der Waals surface area contributed by atoms with Gasteiger partial charge in [0.25, 0.3) is 0 Å². The van der Waals surface area contributed by atoms with Crippen molar-refractivity contribution in [2.24, 2.45) is 0 Å². The van der Waals surface area contributed by atoms with E-state index >= 15 is 0 Å². The van der Waals surface area contributed by atoms with E-state index in [2.05, 4.69) is 9.72 Å². The summed E-state index contributed by atoms with van der Waals surface area (Å²) in [5.41, 5.74) is -2.31. The summed E-state index contributed by atoms with van der Waals surface area (Å²) in [6, 6.07) is 2.01. The van der Waals surface area contributed by atoms with E-state index in [9.17, 15) is 26.3 Å². The number of nitriles is 1. The third-order valence-electron chi connectivity index (χ3n) is 2.08. The summed E-state index contributed by atoms with van der Waals surface area (Å²) in [4.78, 5) is 2.78. The number of nitrogens with zero attached hydrogens (tertiary/aromatic N) is 2. The SMILES string of the molecule is N#CCc1cc(C(F)(F)F)nc(OC(F)(F)F)c1CCl. The first-order chi connectivity index (χ1) is 9.08. The monoisotopic (exact) mass is 318 g/mol. The highest BCUT2D eigenvalue weighted by Crippen LogP contribution is 2.35. The normalized spacial score (nSPS) is 12.1. The van der Waals surface area contributed by atoms with Crippen LogP contribution in [-0.2, 0) is 18.5 Å². The molecule has 0 aliphatic rings. The van der Waals surface area contributed by atoms with Crippen LogP contribution < -0.4 is 4.74 Å². The Morgan fingerprint density at radius 3 is 2.25 bits per heavy atom. The van der Waals surface area contributed by atoms with Crippen molar-refractivity contribution in [3.05, 3.63) is 22.9 Å². The van der Waals surface area contributed by atoms with Crippen LogP contribution in [0.2, 0.25) is 0 Å². The van der Waals surface area contributed by atoms with Crippen LogP contribution in [-0.4, -0.2) is 11.3 Å². The summed E-state index contributed by atoms with van der Waals surface area (Å²) in [5.74, 6) is -1.87. The Labute approximate surface area is 113 Å². The molecule has 0 saturated heterocycles. The molecule has 0 N–H and O–H groups in total. The van der Waals surface area contributed by atoms with E-state index in [-0.39, 0.29) is 5.56 Å². The first-order valence-electron chi connectivity index (χ1n) is 4.87. The second-order valence-electron chi connectivity index (χ2n) is 3.46. The molecule has 0 unspecified atom stereocenters. The lowest BCUT2D eigenvalue weighted by atomic mass is 10.1. The third-order valence-corrected chi connectivity index (χ3v) is 2.35. The number of ether oxygens (including phenoxy) is 1. The minimum Gasteiger partial charge on any atom is -0.388 e. The van der Waals surface area contributed by atoms with E-state index in [1.54, 1.807) is 0 Å².